The van der Waals surface area contributed by atoms with Gasteiger partial charge in [0.05, 0.1) is 12.0 Å². The van der Waals surface area contributed by atoms with Crippen LogP contribution < -0.4 is 0 Å². The quantitative estimate of drug-likeness (QED) is 0.731. The van der Waals surface area contributed by atoms with Gasteiger partial charge in [-0.3, -0.25) is 14.4 Å². The molecule has 1 aliphatic carbocycles. The van der Waals surface area contributed by atoms with Crippen LogP contribution in [0.5, 0.6) is 0 Å². The molecular formula is C16H17NO3. The molecule has 2 aliphatic rings. The summed E-state index contributed by atoms with van der Waals surface area (Å²) < 4.78 is 0. The molecule has 0 saturated heterocycles. The minimum atomic E-state index is -0.821. The molecule has 104 valence electrons. The van der Waals surface area contributed by atoms with E-state index in [2.05, 4.69) is 0 Å². The van der Waals surface area contributed by atoms with Crippen LogP contribution in [0.2, 0.25) is 0 Å². The van der Waals surface area contributed by atoms with Gasteiger partial charge in [-0.2, -0.15) is 0 Å². The smallest absolute Gasteiger partial charge is 0.254 e. The molecule has 0 unspecified atom stereocenters. The zero-order chi connectivity index (χ0) is 14.3. The number of hydrogen-bond acceptors (Lipinski definition) is 3. The van der Waals surface area contributed by atoms with E-state index in [9.17, 15) is 14.4 Å². The molecule has 1 aliphatic heterocycles. The van der Waals surface area contributed by atoms with Crippen LogP contribution in [0, 0.1) is 0 Å². The van der Waals surface area contributed by atoms with Crippen LogP contribution in [0.15, 0.2) is 24.3 Å². The molecule has 1 saturated carbocycles. The third-order valence-corrected chi connectivity index (χ3v) is 4.54. The van der Waals surface area contributed by atoms with Gasteiger partial charge < -0.3 is 4.90 Å². The van der Waals surface area contributed by atoms with Gasteiger partial charge in [0.1, 0.15) is 5.78 Å². The Morgan fingerprint density at radius 1 is 1.10 bits per heavy atom. The Morgan fingerprint density at radius 2 is 1.85 bits per heavy atom. The van der Waals surface area contributed by atoms with Crippen LogP contribution in [-0.2, 0) is 16.0 Å². The predicted octanol–water partition coefficient (Wildman–Crippen LogP) is 1.77. The van der Waals surface area contributed by atoms with E-state index in [1.807, 2.05) is 24.3 Å². The van der Waals surface area contributed by atoms with E-state index >= 15 is 0 Å². The highest BCUT2D eigenvalue weighted by Crippen LogP contribution is 2.33. The molecule has 0 bridgehead atoms. The van der Waals surface area contributed by atoms with Crippen molar-refractivity contribution in [3.8, 4) is 0 Å². The number of ketones is 2. The average molecular weight is 271 g/mol. The highest BCUT2D eigenvalue weighted by Gasteiger charge is 2.46. The number of carbonyl (C=O) groups excluding carboxylic acids is 3. The van der Waals surface area contributed by atoms with Gasteiger partial charge in [-0.25, -0.2) is 0 Å². The van der Waals surface area contributed by atoms with E-state index in [0.29, 0.717) is 24.9 Å². The molecule has 0 spiro atoms. The number of benzene rings is 1. The van der Waals surface area contributed by atoms with Gasteiger partial charge in [0.25, 0.3) is 5.91 Å². The van der Waals surface area contributed by atoms with Crippen molar-refractivity contribution in [1.29, 1.82) is 0 Å². The molecule has 0 aromatic heterocycles. The van der Waals surface area contributed by atoms with Crippen molar-refractivity contribution in [3.63, 3.8) is 0 Å². The van der Waals surface area contributed by atoms with Gasteiger partial charge in [0.15, 0.2) is 5.78 Å². The maximum atomic E-state index is 12.6. The van der Waals surface area contributed by atoms with Crippen LogP contribution in [-0.4, -0.2) is 34.5 Å². The first-order chi connectivity index (χ1) is 9.52. The van der Waals surface area contributed by atoms with Gasteiger partial charge in [-0.05, 0) is 31.4 Å². The topological polar surface area (TPSA) is 54.5 Å². The molecular weight excluding hydrogens is 254 g/mol. The summed E-state index contributed by atoms with van der Waals surface area (Å²) in [5.41, 5.74) is 0.903. The fourth-order valence-corrected chi connectivity index (χ4v) is 3.16. The van der Waals surface area contributed by atoms with Crippen molar-refractivity contribution >= 4 is 17.5 Å². The predicted molar refractivity (Wildman–Crippen MR) is 73.5 cm³/mol. The number of hydrogen-bond donors (Lipinski definition) is 0. The molecule has 1 amide bonds. The number of Topliss-reactive ketones (excluding diaryl/α,β-unsaturated/α-hetero) is 2. The SMILES string of the molecule is C[C@]1(N2CCc3ccccc3C2=O)CCC(=O)CC1=O. The lowest BCUT2D eigenvalue weighted by Gasteiger charge is -2.44. The first kappa shape index (κ1) is 13.0. The molecule has 3 rings (SSSR count). The molecule has 1 fully saturated rings. The van der Waals surface area contributed by atoms with E-state index < -0.39 is 5.54 Å². The largest absolute Gasteiger partial charge is 0.326 e. The summed E-state index contributed by atoms with van der Waals surface area (Å²) in [6.45, 7) is 2.35. The monoisotopic (exact) mass is 271 g/mol. The second-order valence-electron chi connectivity index (χ2n) is 5.78. The minimum Gasteiger partial charge on any atom is -0.326 e. The minimum absolute atomic E-state index is 0.0164. The Balaban J connectivity index is 1.94. The summed E-state index contributed by atoms with van der Waals surface area (Å²) in [5.74, 6) is -0.226. The van der Waals surface area contributed by atoms with Crippen molar-refractivity contribution in [3.05, 3.63) is 35.4 Å². The lowest BCUT2D eigenvalue weighted by molar-refractivity contribution is -0.138. The van der Waals surface area contributed by atoms with Crippen LogP contribution >= 0.6 is 0 Å². The van der Waals surface area contributed by atoms with Crippen molar-refractivity contribution in [2.75, 3.05) is 6.54 Å². The number of fused-ring (bicyclic) bond motifs is 1. The van der Waals surface area contributed by atoms with Crippen LogP contribution in [0.3, 0.4) is 0 Å². The van der Waals surface area contributed by atoms with E-state index in [1.165, 1.54) is 0 Å². The van der Waals surface area contributed by atoms with E-state index in [1.54, 1.807) is 11.8 Å². The molecule has 1 heterocycles. The van der Waals surface area contributed by atoms with Gasteiger partial charge in [-0.15, -0.1) is 0 Å². The Bertz CT molecular complexity index is 607. The number of carbonyl (C=O) groups is 3. The van der Waals surface area contributed by atoms with Crippen molar-refractivity contribution in [2.45, 2.75) is 38.1 Å². The molecule has 20 heavy (non-hydrogen) atoms. The summed E-state index contributed by atoms with van der Waals surface area (Å²) in [7, 11) is 0. The first-order valence-corrected chi connectivity index (χ1v) is 6.97. The van der Waals surface area contributed by atoms with Crippen molar-refractivity contribution in [2.24, 2.45) is 0 Å². The van der Waals surface area contributed by atoms with E-state index in [4.69, 9.17) is 0 Å². The number of rotatable bonds is 1. The molecule has 4 heteroatoms. The summed E-state index contributed by atoms with van der Waals surface area (Å²) in [6, 6.07) is 7.54. The maximum Gasteiger partial charge on any atom is 0.254 e. The fourth-order valence-electron chi connectivity index (χ4n) is 3.16. The molecule has 4 nitrogen and oxygen atoms in total. The fraction of sp³-hybridized carbons (Fsp3) is 0.438. The molecule has 1 aromatic rings. The van der Waals surface area contributed by atoms with Crippen LogP contribution in [0.1, 0.15) is 42.1 Å². The molecule has 1 aromatic carbocycles. The average Bonchev–Trinajstić information content (AvgIpc) is 2.44. The Labute approximate surface area is 117 Å². The van der Waals surface area contributed by atoms with E-state index in [0.717, 1.165) is 12.0 Å². The number of nitrogens with zero attached hydrogens (tertiary/aromatic N) is 1. The Hall–Kier alpha value is -1.97. The zero-order valence-corrected chi connectivity index (χ0v) is 11.5. The van der Waals surface area contributed by atoms with Gasteiger partial charge in [0, 0.05) is 18.5 Å². The zero-order valence-electron chi connectivity index (χ0n) is 11.5. The lowest BCUT2D eigenvalue weighted by atomic mass is 9.78. The molecule has 0 radical (unpaired) electrons. The summed E-state index contributed by atoms with van der Waals surface area (Å²) in [6.07, 6.45) is 1.55. The molecule has 1 atom stereocenters. The first-order valence-electron chi connectivity index (χ1n) is 6.97. The lowest BCUT2D eigenvalue weighted by Crippen LogP contribution is -2.59. The Morgan fingerprint density at radius 3 is 2.60 bits per heavy atom. The second kappa shape index (κ2) is 4.54. The second-order valence-corrected chi connectivity index (χ2v) is 5.78. The van der Waals surface area contributed by atoms with E-state index in [-0.39, 0.29) is 23.9 Å². The van der Waals surface area contributed by atoms with Crippen molar-refractivity contribution in [1.82, 2.24) is 4.90 Å². The van der Waals surface area contributed by atoms with Gasteiger partial charge in [0.2, 0.25) is 0 Å². The maximum absolute atomic E-state index is 12.6. The number of amides is 1. The third-order valence-electron chi connectivity index (χ3n) is 4.54. The van der Waals surface area contributed by atoms with Gasteiger partial charge >= 0.3 is 0 Å². The highest BCUT2D eigenvalue weighted by atomic mass is 16.2. The summed E-state index contributed by atoms with van der Waals surface area (Å²) >= 11 is 0. The van der Waals surface area contributed by atoms with Crippen molar-refractivity contribution < 1.29 is 14.4 Å². The normalized spacial score (nSPS) is 26.6. The van der Waals surface area contributed by atoms with Gasteiger partial charge in [-0.1, -0.05) is 18.2 Å². The summed E-state index contributed by atoms with van der Waals surface area (Å²) in [4.78, 5) is 38.0. The van der Waals surface area contributed by atoms with Crippen LogP contribution in [0.4, 0.5) is 0 Å². The molecule has 0 N–H and O–H groups in total. The highest BCUT2D eigenvalue weighted by molar-refractivity contribution is 6.09. The standard InChI is InChI=1S/C16H17NO3/c1-16(8-6-12(18)10-14(16)19)17-9-7-11-4-2-3-5-13(11)15(17)20/h2-5H,6-10H2,1H3/t16-/m0/s1. The third kappa shape index (κ3) is 1.87. The Kier molecular flexibility index (Phi) is 2.96. The summed E-state index contributed by atoms with van der Waals surface area (Å²) in [5, 5.41) is 0. The van der Waals surface area contributed by atoms with Crippen LogP contribution in [0.25, 0.3) is 0 Å².